The molecule has 0 spiro atoms. The lowest BCUT2D eigenvalue weighted by molar-refractivity contribution is 0.660. The van der Waals surface area contributed by atoms with E-state index in [0.717, 1.165) is 21.9 Å². The lowest BCUT2D eigenvalue weighted by Crippen LogP contribution is -2.14. The van der Waals surface area contributed by atoms with Crippen molar-refractivity contribution in [2.75, 3.05) is 0 Å². The van der Waals surface area contributed by atoms with E-state index in [2.05, 4.69) is 402 Å². The Morgan fingerprint density at radius 3 is 1.25 bits per heavy atom. The normalized spacial score (nSPS) is 14.3. The van der Waals surface area contributed by atoms with E-state index in [-0.39, 0.29) is 12.8 Å². The topological polar surface area (TPSA) is 13.1 Å². The molecule has 3 aliphatic rings. The third-order valence-electron chi connectivity index (χ3n) is 24.5. The van der Waals surface area contributed by atoms with Gasteiger partial charge in [0.1, 0.15) is 11.2 Å². The van der Waals surface area contributed by atoms with E-state index in [9.17, 15) is 0 Å². The van der Waals surface area contributed by atoms with Gasteiger partial charge in [0.05, 0.1) is 0 Å². The summed E-state index contributed by atoms with van der Waals surface area (Å²) < 4.78 is 6.02. The van der Waals surface area contributed by atoms with Crippen molar-refractivity contribution >= 4 is 131 Å². The van der Waals surface area contributed by atoms with Crippen LogP contribution < -0.4 is 0 Å². The Bertz CT molecular complexity index is 7500. The highest BCUT2D eigenvalue weighted by Gasteiger charge is 2.36. The number of para-hydroxylation sites is 1. The van der Waals surface area contributed by atoms with E-state index >= 15 is 0 Å². The number of hydrogen-bond acceptors (Lipinski definition) is 2. The van der Waals surface area contributed by atoms with Gasteiger partial charge in [-0.2, -0.15) is 0 Å². The Morgan fingerprint density at radius 2 is 0.623 bits per heavy atom. The molecule has 1 nitrogen and oxygen atoms in total. The van der Waals surface area contributed by atoms with Gasteiger partial charge in [-0.3, -0.25) is 0 Å². The minimum Gasteiger partial charge on any atom is -0.456 e. The van der Waals surface area contributed by atoms with Crippen LogP contribution in [0.4, 0.5) is 0 Å². The maximum Gasteiger partial charge on any atom is 0.135 e. The van der Waals surface area contributed by atoms with Gasteiger partial charge in [-0.25, -0.2) is 0 Å². The fourth-order valence-electron chi connectivity index (χ4n) is 19.0. The maximum atomic E-state index is 6.02. The Balaban J connectivity index is 0.000000109. The second kappa shape index (κ2) is 27.7. The lowest BCUT2D eigenvalue weighted by atomic mass is 9.81. The largest absolute Gasteiger partial charge is 0.456 e. The van der Waals surface area contributed by atoms with Crippen molar-refractivity contribution in [3.8, 4) is 77.9 Å². The fraction of sp³-hybridized carbons (Fsp3) is 0.0536. The Kier molecular flexibility index (Phi) is 16.6. The van der Waals surface area contributed by atoms with E-state index in [4.69, 9.17) is 4.42 Å². The first-order valence-corrected chi connectivity index (χ1v) is 40.3. The summed E-state index contributed by atoms with van der Waals surface area (Å²) in [4.78, 5) is 1.43. The summed E-state index contributed by atoms with van der Waals surface area (Å²) >= 11 is 2.01. The molecule has 0 radical (unpaired) electrons. The van der Waals surface area contributed by atoms with Crippen molar-refractivity contribution in [3.63, 3.8) is 0 Å². The van der Waals surface area contributed by atoms with Gasteiger partial charge in [0.2, 0.25) is 0 Å². The fourth-order valence-corrected chi connectivity index (χ4v) is 20.5. The van der Waals surface area contributed by atoms with E-state index < -0.39 is 0 Å². The first kappa shape index (κ1) is 68.4. The van der Waals surface area contributed by atoms with Crippen LogP contribution in [-0.2, 0) is 5.41 Å². The van der Waals surface area contributed by atoms with Gasteiger partial charge in [0.15, 0.2) is 0 Å². The first-order chi connectivity index (χ1) is 55.8. The minimum absolute atomic E-state index is 0. The molecule has 2 aliphatic carbocycles. The van der Waals surface area contributed by atoms with Crippen LogP contribution in [-0.4, -0.2) is 5.25 Å². The molecule has 0 N–H and O–H groups in total. The third-order valence-corrected chi connectivity index (χ3v) is 26.0. The number of benzene rings is 20. The van der Waals surface area contributed by atoms with Crippen molar-refractivity contribution in [1.82, 2.24) is 0 Å². The molecule has 2 heteroatoms. The van der Waals surface area contributed by atoms with E-state index in [0.29, 0.717) is 11.2 Å². The van der Waals surface area contributed by atoms with Crippen LogP contribution in [0.3, 0.4) is 0 Å². The molecule has 0 saturated heterocycles. The van der Waals surface area contributed by atoms with Crippen molar-refractivity contribution in [1.29, 1.82) is 0 Å². The lowest BCUT2D eigenvalue weighted by Gasteiger charge is -2.22. The molecule has 0 fully saturated rings. The monoisotopic (exact) mass is 1470 g/mol. The van der Waals surface area contributed by atoms with Gasteiger partial charge in [0.25, 0.3) is 0 Å². The highest BCUT2D eigenvalue weighted by molar-refractivity contribution is 8.00. The predicted molar refractivity (Wildman–Crippen MR) is 492 cm³/mol. The molecule has 24 rings (SSSR count). The SMILES string of the molecule is C.C1=CC2Sc3c(-c4cccc(-c5ccc6c7ccccc7c7ccccc7c6c5)c4)cccc3C2C=C1.CC1(C)c2ccccc2-c2ccc(-c3cccc4c(-c5ccc(-c6cc7ccccc7c7ccccc67)cc5)cccc34)cc21.c1ccc2c(c1)oc1ccc(-c3ccc4c5ccccc5c5ccccc5c4c3)cc12. The molecular weight excluding hydrogens is 1390 g/mol. The average molecular weight is 1470 g/mol. The Hall–Kier alpha value is -13.6. The van der Waals surface area contributed by atoms with Crippen LogP contribution in [0.25, 0.3) is 197 Å². The van der Waals surface area contributed by atoms with E-state index in [1.165, 1.54) is 196 Å². The molecule has 2 unspecified atom stereocenters. The molecule has 20 aromatic carbocycles. The van der Waals surface area contributed by atoms with Gasteiger partial charge in [-0.1, -0.05) is 373 Å². The van der Waals surface area contributed by atoms with Crippen molar-refractivity contribution in [2.45, 2.75) is 42.8 Å². The molecule has 0 amide bonds. The highest BCUT2D eigenvalue weighted by atomic mass is 32.2. The molecule has 2 heterocycles. The summed E-state index contributed by atoms with van der Waals surface area (Å²) in [6, 6.07) is 138. The second-order valence-corrected chi connectivity index (χ2v) is 32.3. The van der Waals surface area contributed by atoms with Gasteiger partial charge in [0, 0.05) is 32.3 Å². The summed E-state index contributed by atoms with van der Waals surface area (Å²) in [5, 5.41) is 26.3. The minimum atomic E-state index is -0.0181. The zero-order valence-corrected chi connectivity index (χ0v) is 63.4. The number of hydrogen-bond donors (Lipinski definition) is 0. The first-order valence-electron chi connectivity index (χ1n) is 39.4. The predicted octanol–water partition coefficient (Wildman–Crippen LogP) is 32.0. The molecular formula is C112H78OS. The summed E-state index contributed by atoms with van der Waals surface area (Å²) in [5.41, 5.74) is 24.0. The number of allylic oxidation sites excluding steroid dienone is 3. The standard InChI is InChI=1S/C45H32.C36H24S.C30H18O.CH4/c1-45(2)43-20-8-7-15-40(43)41-26-25-32(28-44(41)45)35-17-10-18-37-33(16-9-19-38(35)37)29-21-23-30(24-22-29)42-27-31-11-3-4-12-34(31)36-13-5-6-14-39(36)42;1-2-13-29-27(11-1)28-12-3-4-14-30(28)34-22-24(19-20-31(29)34)23-9-7-10-25(21-23)26-16-8-17-33-32-15-5-6-18-35(32)37-36(26)33;1-2-9-23-21(7-1)22-8-3-4-10-24(22)27-17-19(13-15-25(23)27)20-14-16-30-28(18-20)26-11-5-6-12-29(26)31-30;/h3-28H,1-2H3;1-22,32,35H;1-18H;1H4. The van der Waals surface area contributed by atoms with E-state index in [1.54, 1.807) is 0 Å². The zero-order valence-electron chi connectivity index (χ0n) is 62.6. The number of fused-ring (bicyclic) bond motifs is 25. The molecule has 1 aromatic heterocycles. The summed E-state index contributed by atoms with van der Waals surface area (Å²) in [6.45, 7) is 4.71. The number of rotatable bonds is 6. The molecule has 538 valence electrons. The average Bonchev–Trinajstić information content (AvgIpc) is 1.70. The van der Waals surface area contributed by atoms with Crippen LogP contribution in [0.15, 0.2) is 410 Å². The maximum absolute atomic E-state index is 6.02. The Labute approximate surface area is 668 Å². The van der Waals surface area contributed by atoms with Gasteiger partial charge >= 0.3 is 0 Å². The van der Waals surface area contributed by atoms with Crippen molar-refractivity contribution in [3.05, 3.63) is 417 Å². The van der Waals surface area contributed by atoms with Gasteiger partial charge < -0.3 is 4.42 Å². The second-order valence-electron chi connectivity index (χ2n) is 31.1. The molecule has 2 atom stereocenters. The molecule has 0 bridgehead atoms. The van der Waals surface area contributed by atoms with Crippen molar-refractivity contribution < 1.29 is 4.42 Å². The Morgan fingerprint density at radius 1 is 0.237 bits per heavy atom. The molecule has 114 heavy (non-hydrogen) atoms. The van der Waals surface area contributed by atoms with Crippen LogP contribution in [0.2, 0.25) is 0 Å². The zero-order chi connectivity index (χ0) is 74.8. The smallest absolute Gasteiger partial charge is 0.135 e. The number of furan rings is 1. The van der Waals surface area contributed by atoms with Gasteiger partial charge in [-0.05, 0) is 240 Å². The van der Waals surface area contributed by atoms with E-state index in [1.807, 2.05) is 23.9 Å². The molecule has 1 aliphatic heterocycles. The summed E-state index contributed by atoms with van der Waals surface area (Å²) in [5.74, 6) is 0.483. The quantitative estimate of drug-likeness (QED) is 0.154. The summed E-state index contributed by atoms with van der Waals surface area (Å²) in [6.07, 6.45) is 9.08. The van der Waals surface area contributed by atoms with Gasteiger partial charge in [-0.15, -0.1) is 11.8 Å². The molecule has 21 aromatic rings. The van der Waals surface area contributed by atoms with Crippen LogP contribution >= 0.6 is 11.8 Å². The van der Waals surface area contributed by atoms with Crippen LogP contribution in [0, 0.1) is 0 Å². The highest BCUT2D eigenvalue weighted by Crippen LogP contribution is 2.54. The van der Waals surface area contributed by atoms with Crippen molar-refractivity contribution in [2.24, 2.45) is 0 Å². The number of thioether (sulfide) groups is 1. The summed E-state index contributed by atoms with van der Waals surface area (Å²) in [7, 11) is 0. The van der Waals surface area contributed by atoms with Crippen LogP contribution in [0.1, 0.15) is 43.9 Å². The third kappa shape index (κ3) is 11.3. The van der Waals surface area contributed by atoms with Crippen LogP contribution in [0.5, 0.6) is 0 Å². The molecule has 0 saturated carbocycles.